The summed E-state index contributed by atoms with van der Waals surface area (Å²) in [5.74, 6) is 0.942. The van der Waals surface area contributed by atoms with Crippen molar-refractivity contribution in [3.8, 4) is 5.88 Å². The summed E-state index contributed by atoms with van der Waals surface area (Å²) in [7, 11) is 1.50. The van der Waals surface area contributed by atoms with E-state index in [2.05, 4.69) is 9.97 Å². The standard InChI is InChI=1S/C11H14N2O2/c1-7(8-3-4-8)10(14)9-11(15-2)13-6-5-12-9/h5-8H,3-4H2,1-2H3. The molecule has 1 aromatic heterocycles. The van der Waals surface area contributed by atoms with E-state index < -0.39 is 0 Å². The Kier molecular flexibility index (Phi) is 2.66. The Balaban J connectivity index is 2.23. The van der Waals surface area contributed by atoms with Crippen LogP contribution in [0.25, 0.3) is 0 Å². The van der Waals surface area contributed by atoms with Crippen molar-refractivity contribution in [1.29, 1.82) is 0 Å². The van der Waals surface area contributed by atoms with E-state index in [-0.39, 0.29) is 11.7 Å². The lowest BCUT2D eigenvalue weighted by atomic mass is 9.98. The number of Topliss-reactive ketones (excluding diaryl/α,β-unsaturated/α-hetero) is 1. The summed E-state index contributed by atoms with van der Waals surface area (Å²) < 4.78 is 5.02. The first-order chi connectivity index (χ1) is 7.24. The molecule has 0 bridgehead atoms. The van der Waals surface area contributed by atoms with Gasteiger partial charge in [-0.15, -0.1) is 0 Å². The van der Waals surface area contributed by atoms with Crippen molar-refractivity contribution < 1.29 is 9.53 Å². The summed E-state index contributed by atoms with van der Waals surface area (Å²) >= 11 is 0. The van der Waals surface area contributed by atoms with Gasteiger partial charge in [0.2, 0.25) is 5.88 Å². The second-order valence-corrected chi connectivity index (χ2v) is 3.90. The van der Waals surface area contributed by atoms with E-state index in [0.717, 1.165) is 12.8 Å². The predicted octanol–water partition coefficient (Wildman–Crippen LogP) is 1.71. The van der Waals surface area contributed by atoms with Crippen LogP contribution in [0.1, 0.15) is 30.3 Å². The van der Waals surface area contributed by atoms with Crippen molar-refractivity contribution in [3.63, 3.8) is 0 Å². The van der Waals surface area contributed by atoms with Crippen LogP contribution in [-0.2, 0) is 0 Å². The Morgan fingerprint density at radius 2 is 2.13 bits per heavy atom. The summed E-state index contributed by atoms with van der Waals surface area (Å²) in [6, 6.07) is 0. The zero-order valence-electron chi connectivity index (χ0n) is 8.93. The van der Waals surface area contributed by atoms with Crippen LogP contribution in [0.2, 0.25) is 0 Å². The number of ether oxygens (including phenoxy) is 1. The van der Waals surface area contributed by atoms with Crippen LogP contribution >= 0.6 is 0 Å². The number of carbonyl (C=O) groups excluding carboxylic acids is 1. The number of rotatable bonds is 4. The van der Waals surface area contributed by atoms with Gasteiger partial charge in [0.25, 0.3) is 0 Å². The van der Waals surface area contributed by atoms with Crippen molar-refractivity contribution >= 4 is 5.78 Å². The smallest absolute Gasteiger partial charge is 0.243 e. The van der Waals surface area contributed by atoms with Crippen LogP contribution < -0.4 is 4.74 Å². The molecule has 2 rings (SSSR count). The van der Waals surface area contributed by atoms with E-state index in [4.69, 9.17) is 4.74 Å². The molecule has 1 fully saturated rings. The molecule has 1 saturated carbocycles. The van der Waals surface area contributed by atoms with E-state index in [1.807, 2.05) is 6.92 Å². The van der Waals surface area contributed by atoms with Crippen LogP contribution in [0.15, 0.2) is 12.4 Å². The largest absolute Gasteiger partial charge is 0.479 e. The Morgan fingerprint density at radius 3 is 2.73 bits per heavy atom. The molecule has 0 N–H and O–H groups in total. The van der Waals surface area contributed by atoms with Gasteiger partial charge in [0.1, 0.15) is 0 Å². The molecule has 0 radical (unpaired) electrons. The van der Waals surface area contributed by atoms with Gasteiger partial charge in [0, 0.05) is 18.3 Å². The van der Waals surface area contributed by atoms with Crippen LogP contribution in [0.3, 0.4) is 0 Å². The summed E-state index contributed by atoms with van der Waals surface area (Å²) in [4.78, 5) is 20.0. The predicted molar refractivity (Wildman–Crippen MR) is 54.8 cm³/mol. The summed E-state index contributed by atoms with van der Waals surface area (Å²) in [6.45, 7) is 1.95. The van der Waals surface area contributed by atoms with Gasteiger partial charge in [0.15, 0.2) is 11.5 Å². The van der Waals surface area contributed by atoms with Crippen LogP contribution in [0.5, 0.6) is 5.88 Å². The lowest BCUT2D eigenvalue weighted by Crippen LogP contribution is -2.16. The van der Waals surface area contributed by atoms with Gasteiger partial charge in [-0.25, -0.2) is 9.97 Å². The number of ketones is 1. The first-order valence-corrected chi connectivity index (χ1v) is 5.13. The maximum atomic E-state index is 12.0. The average molecular weight is 206 g/mol. The number of hydrogen-bond donors (Lipinski definition) is 0. The number of methoxy groups -OCH3 is 1. The van der Waals surface area contributed by atoms with Gasteiger partial charge in [0.05, 0.1) is 7.11 Å². The first kappa shape index (κ1) is 10.1. The lowest BCUT2D eigenvalue weighted by Gasteiger charge is -2.09. The number of aromatic nitrogens is 2. The van der Waals surface area contributed by atoms with Crippen molar-refractivity contribution in [2.24, 2.45) is 11.8 Å². The second kappa shape index (κ2) is 3.96. The third-order valence-corrected chi connectivity index (χ3v) is 2.83. The highest BCUT2D eigenvalue weighted by molar-refractivity contribution is 5.98. The van der Waals surface area contributed by atoms with Gasteiger partial charge in [-0.3, -0.25) is 4.79 Å². The van der Waals surface area contributed by atoms with Gasteiger partial charge in [-0.05, 0) is 18.8 Å². The van der Waals surface area contributed by atoms with Crippen LogP contribution in [0.4, 0.5) is 0 Å². The first-order valence-electron chi connectivity index (χ1n) is 5.13. The van der Waals surface area contributed by atoms with Gasteiger partial charge in [-0.1, -0.05) is 6.92 Å². The Labute approximate surface area is 88.7 Å². The third kappa shape index (κ3) is 1.98. The summed E-state index contributed by atoms with van der Waals surface area (Å²) in [5.41, 5.74) is 0.361. The Hall–Kier alpha value is -1.45. The molecular formula is C11H14N2O2. The molecule has 0 saturated heterocycles. The average Bonchev–Trinajstić information content (AvgIpc) is 3.11. The third-order valence-electron chi connectivity index (χ3n) is 2.83. The molecule has 1 aromatic rings. The van der Waals surface area contributed by atoms with E-state index in [9.17, 15) is 4.79 Å². The quantitative estimate of drug-likeness (QED) is 0.704. The normalized spacial score (nSPS) is 17.2. The zero-order chi connectivity index (χ0) is 10.8. The van der Waals surface area contributed by atoms with Crippen LogP contribution in [0, 0.1) is 11.8 Å². The SMILES string of the molecule is COc1nccnc1C(=O)C(C)C1CC1. The lowest BCUT2D eigenvalue weighted by molar-refractivity contribution is 0.0906. The molecule has 1 heterocycles. The summed E-state index contributed by atoms with van der Waals surface area (Å²) in [5, 5.41) is 0. The minimum absolute atomic E-state index is 0.0376. The van der Waals surface area contributed by atoms with E-state index in [1.54, 1.807) is 0 Å². The highest BCUT2D eigenvalue weighted by Gasteiger charge is 2.34. The number of carbonyl (C=O) groups is 1. The fraction of sp³-hybridized carbons (Fsp3) is 0.545. The number of hydrogen-bond acceptors (Lipinski definition) is 4. The molecular weight excluding hydrogens is 192 g/mol. The number of nitrogens with zero attached hydrogens (tertiary/aromatic N) is 2. The molecule has 0 aliphatic heterocycles. The fourth-order valence-corrected chi connectivity index (χ4v) is 1.67. The minimum atomic E-state index is 0.0376. The molecule has 1 atom stereocenters. The molecule has 1 aliphatic carbocycles. The van der Waals surface area contributed by atoms with Crippen molar-refractivity contribution in [3.05, 3.63) is 18.1 Å². The molecule has 15 heavy (non-hydrogen) atoms. The molecule has 80 valence electrons. The maximum absolute atomic E-state index is 12.0. The maximum Gasteiger partial charge on any atom is 0.243 e. The highest BCUT2D eigenvalue weighted by Crippen LogP contribution is 2.38. The van der Waals surface area contributed by atoms with Gasteiger partial charge >= 0.3 is 0 Å². The molecule has 4 nitrogen and oxygen atoms in total. The second-order valence-electron chi connectivity index (χ2n) is 3.90. The van der Waals surface area contributed by atoms with Gasteiger partial charge in [-0.2, -0.15) is 0 Å². The Morgan fingerprint density at radius 1 is 1.47 bits per heavy atom. The van der Waals surface area contributed by atoms with Gasteiger partial charge < -0.3 is 4.74 Å². The molecule has 0 aromatic carbocycles. The van der Waals surface area contributed by atoms with E-state index >= 15 is 0 Å². The summed E-state index contributed by atoms with van der Waals surface area (Å²) in [6.07, 6.45) is 5.34. The van der Waals surface area contributed by atoms with Crippen molar-refractivity contribution in [2.45, 2.75) is 19.8 Å². The molecule has 1 aliphatic rings. The van der Waals surface area contributed by atoms with Crippen molar-refractivity contribution in [2.75, 3.05) is 7.11 Å². The molecule has 1 unspecified atom stereocenters. The van der Waals surface area contributed by atoms with Crippen molar-refractivity contribution in [1.82, 2.24) is 9.97 Å². The van der Waals surface area contributed by atoms with E-state index in [0.29, 0.717) is 17.5 Å². The molecule has 4 heteroatoms. The zero-order valence-corrected chi connectivity index (χ0v) is 8.93. The van der Waals surface area contributed by atoms with Crippen LogP contribution in [-0.4, -0.2) is 22.9 Å². The highest BCUT2D eigenvalue weighted by atomic mass is 16.5. The van der Waals surface area contributed by atoms with E-state index in [1.165, 1.54) is 19.5 Å². The fourth-order valence-electron chi connectivity index (χ4n) is 1.67. The molecule has 0 amide bonds. The monoisotopic (exact) mass is 206 g/mol. The topological polar surface area (TPSA) is 52.1 Å². The Bertz CT molecular complexity index is 375. The molecule has 0 spiro atoms. The minimum Gasteiger partial charge on any atom is -0.479 e.